The maximum atomic E-state index is 11.5. The highest BCUT2D eigenvalue weighted by molar-refractivity contribution is 5.74. The zero-order valence-corrected chi connectivity index (χ0v) is 12.3. The van der Waals surface area contributed by atoms with Crippen LogP contribution in [-0.4, -0.2) is 47.1 Å². The van der Waals surface area contributed by atoms with Gasteiger partial charge in [0, 0.05) is 33.0 Å². The number of likely N-dealkylation sites (tertiary alicyclic amines) is 1. The van der Waals surface area contributed by atoms with Gasteiger partial charge >= 0.3 is 0 Å². The molecule has 1 fully saturated rings. The molecule has 5 heteroatoms. The molecule has 1 aliphatic heterocycles. The molecule has 110 valence electrons. The van der Waals surface area contributed by atoms with Crippen LogP contribution in [0.1, 0.15) is 40.5 Å². The first-order chi connectivity index (χ1) is 8.79. The third-order valence-corrected chi connectivity index (χ3v) is 3.73. The summed E-state index contributed by atoms with van der Waals surface area (Å²) in [6.07, 6.45) is 1.15. The van der Waals surface area contributed by atoms with Crippen molar-refractivity contribution < 1.29 is 14.7 Å². The first-order valence-corrected chi connectivity index (χ1v) is 7.00. The van der Waals surface area contributed by atoms with Gasteiger partial charge in [0.1, 0.15) is 0 Å². The maximum absolute atomic E-state index is 11.5. The fourth-order valence-electron chi connectivity index (χ4n) is 2.64. The Morgan fingerprint density at radius 1 is 1.32 bits per heavy atom. The molecule has 0 aliphatic carbocycles. The molecule has 1 rings (SSSR count). The van der Waals surface area contributed by atoms with Gasteiger partial charge in [-0.1, -0.05) is 13.8 Å². The lowest BCUT2D eigenvalue weighted by atomic mass is 9.86. The van der Waals surface area contributed by atoms with Crippen LogP contribution in [0.25, 0.3) is 0 Å². The molecule has 0 aromatic heterocycles. The highest BCUT2D eigenvalue weighted by Gasteiger charge is 2.30. The van der Waals surface area contributed by atoms with E-state index in [0.717, 1.165) is 6.42 Å². The summed E-state index contributed by atoms with van der Waals surface area (Å²) in [7, 11) is 0. The molecule has 0 radical (unpaired) electrons. The molecule has 1 heterocycles. The van der Waals surface area contributed by atoms with E-state index in [2.05, 4.69) is 5.32 Å². The van der Waals surface area contributed by atoms with Crippen molar-refractivity contribution in [1.82, 2.24) is 10.2 Å². The summed E-state index contributed by atoms with van der Waals surface area (Å²) in [5.74, 6) is 0.413. The van der Waals surface area contributed by atoms with Crippen LogP contribution < -0.4 is 5.32 Å². The van der Waals surface area contributed by atoms with E-state index < -0.39 is 0 Å². The summed E-state index contributed by atoms with van der Waals surface area (Å²) in [5.41, 5.74) is 0. The average Bonchev–Trinajstić information content (AvgIpc) is 2.27. The molecule has 0 saturated carbocycles. The van der Waals surface area contributed by atoms with E-state index >= 15 is 0 Å². The van der Waals surface area contributed by atoms with Crippen molar-refractivity contribution >= 4 is 11.8 Å². The maximum Gasteiger partial charge on any atom is 0.219 e. The molecule has 0 spiro atoms. The van der Waals surface area contributed by atoms with Crippen LogP contribution in [0.4, 0.5) is 0 Å². The van der Waals surface area contributed by atoms with Gasteiger partial charge in [-0.3, -0.25) is 9.59 Å². The van der Waals surface area contributed by atoms with Gasteiger partial charge in [0.25, 0.3) is 0 Å². The summed E-state index contributed by atoms with van der Waals surface area (Å²) in [5, 5.41) is 12.9. The topological polar surface area (TPSA) is 69.6 Å². The Balaban J connectivity index is 2.64. The van der Waals surface area contributed by atoms with E-state index in [1.54, 1.807) is 11.8 Å². The van der Waals surface area contributed by atoms with Crippen LogP contribution in [0.2, 0.25) is 0 Å². The van der Waals surface area contributed by atoms with E-state index in [1.165, 1.54) is 6.92 Å². The predicted molar refractivity (Wildman–Crippen MR) is 73.4 cm³/mol. The number of aliphatic hydroxyl groups is 1. The number of hydrogen-bond donors (Lipinski definition) is 2. The standard InChI is InChI=1S/C14H26N2O3/c1-9(2)14(19)6-12-5-13(15-10(3)17)8-16(7-12)11(4)18/h9,12-14,19H,5-8H2,1-4H3,(H,15,17). The lowest BCUT2D eigenvalue weighted by molar-refractivity contribution is -0.132. The molecule has 1 saturated heterocycles. The van der Waals surface area contributed by atoms with Crippen LogP contribution in [0, 0.1) is 11.8 Å². The van der Waals surface area contributed by atoms with E-state index in [1.807, 2.05) is 13.8 Å². The van der Waals surface area contributed by atoms with E-state index in [4.69, 9.17) is 0 Å². The molecular formula is C14H26N2O3. The van der Waals surface area contributed by atoms with Gasteiger partial charge in [0.15, 0.2) is 0 Å². The fourth-order valence-corrected chi connectivity index (χ4v) is 2.64. The van der Waals surface area contributed by atoms with Crippen molar-refractivity contribution in [2.75, 3.05) is 13.1 Å². The molecule has 3 atom stereocenters. The fraction of sp³-hybridized carbons (Fsp3) is 0.857. The van der Waals surface area contributed by atoms with E-state index in [-0.39, 0.29) is 35.8 Å². The van der Waals surface area contributed by atoms with Gasteiger partial charge in [0.05, 0.1) is 6.10 Å². The molecular weight excluding hydrogens is 244 g/mol. The Bertz CT molecular complexity index is 331. The first-order valence-electron chi connectivity index (χ1n) is 7.00. The highest BCUT2D eigenvalue weighted by atomic mass is 16.3. The van der Waals surface area contributed by atoms with Crippen LogP contribution in [0.5, 0.6) is 0 Å². The van der Waals surface area contributed by atoms with Crippen LogP contribution >= 0.6 is 0 Å². The van der Waals surface area contributed by atoms with Gasteiger partial charge in [0.2, 0.25) is 11.8 Å². The molecule has 0 aromatic rings. The monoisotopic (exact) mass is 270 g/mol. The molecule has 0 bridgehead atoms. The van der Waals surface area contributed by atoms with Gasteiger partial charge in [-0.25, -0.2) is 0 Å². The third-order valence-electron chi connectivity index (χ3n) is 3.73. The molecule has 3 unspecified atom stereocenters. The Morgan fingerprint density at radius 2 is 1.95 bits per heavy atom. The number of nitrogens with zero attached hydrogens (tertiary/aromatic N) is 1. The molecule has 2 amide bonds. The number of rotatable bonds is 4. The summed E-state index contributed by atoms with van der Waals surface area (Å²) >= 11 is 0. The van der Waals surface area contributed by atoms with Gasteiger partial charge in [-0.05, 0) is 24.7 Å². The minimum atomic E-state index is -0.352. The van der Waals surface area contributed by atoms with Crippen molar-refractivity contribution in [2.45, 2.75) is 52.7 Å². The van der Waals surface area contributed by atoms with Gasteiger partial charge < -0.3 is 15.3 Å². The van der Waals surface area contributed by atoms with E-state index in [0.29, 0.717) is 19.5 Å². The molecule has 5 nitrogen and oxygen atoms in total. The Labute approximate surface area is 115 Å². The molecule has 0 aromatic carbocycles. The third kappa shape index (κ3) is 5.19. The Hall–Kier alpha value is -1.10. The summed E-state index contributed by atoms with van der Waals surface area (Å²) in [6.45, 7) is 8.26. The normalized spacial score (nSPS) is 25.3. The van der Waals surface area contributed by atoms with Crippen molar-refractivity contribution in [2.24, 2.45) is 11.8 Å². The minimum Gasteiger partial charge on any atom is -0.393 e. The number of aliphatic hydroxyl groups excluding tert-OH is 1. The van der Waals surface area contributed by atoms with Gasteiger partial charge in [-0.2, -0.15) is 0 Å². The van der Waals surface area contributed by atoms with Gasteiger partial charge in [-0.15, -0.1) is 0 Å². The SMILES string of the molecule is CC(=O)NC1CC(CC(O)C(C)C)CN(C(C)=O)C1. The number of carbonyl (C=O) groups excluding carboxylic acids is 2. The van der Waals surface area contributed by atoms with Crippen LogP contribution in [0.3, 0.4) is 0 Å². The second-order valence-electron chi connectivity index (χ2n) is 5.97. The lowest BCUT2D eigenvalue weighted by Crippen LogP contribution is -2.52. The zero-order valence-electron chi connectivity index (χ0n) is 12.3. The van der Waals surface area contributed by atoms with Crippen molar-refractivity contribution in [1.29, 1.82) is 0 Å². The number of nitrogens with one attached hydrogen (secondary N) is 1. The number of hydrogen-bond acceptors (Lipinski definition) is 3. The zero-order chi connectivity index (χ0) is 14.6. The Morgan fingerprint density at radius 3 is 2.42 bits per heavy atom. The summed E-state index contributed by atoms with van der Waals surface area (Å²) in [4.78, 5) is 24.5. The molecule has 1 aliphatic rings. The van der Waals surface area contributed by atoms with Crippen molar-refractivity contribution in [3.63, 3.8) is 0 Å². The minimum absolute atomic E-state index is 0.000452. The largest absolute Gasteiger partial charge is 0.393 e. The summed E-state index contributed by atoms with van der Waals surface area (Å²) < 4.78 is 0. The molecule has 2 N–H and O–H groups in total. The van der Waals surface area contributed by atoms with E-state index in [9.17, 15) is 14.7 Å². The first kappa shape index (κ1) is 16.0. The molecule has 19 heavy (non-hydrogen) atoms. The van der Waals surface area contributed by atoms with Crippen molar-refractivity contribution in [3.05, 3.63) is 0 Å². The second-order valence-corrected chi connectivity index (χ2v) is 5.97. The number of carbonyl (C=O) groups is 2. The number of piperidine rings is 1. The average molecular weight is 270 g/mol. The van der Waals surface area contributed by atoms with Crippen molar-refractivity contribution in [3.8, 4) is 0 Å². The quantitative estimate of drug-likeness (QED) is 0.792. The second kappa shape index (κ2) is 6.89. The predicted octanol–water partition coefficient (Wildman–Crippen LogP) is 0.766. The van der Waals surface area contributed by atoms with Crippen LogP contribution in [0.15, 0.2) is 0 Å². The smallest absolute Gasteiger partial charge is 0.219 e. The number of amides is 2. The lowest BCUT2D eigenvalue weighted by Gasteiger charge is -2.38. The highest BCUT2D eigenvalue weighted by Crippen LogP contribution is 2.23. The summed E-state index contributed by atoms with van der Waals surface area (Å²) in [6, 6.07) is -0.000452. The Kier molecular flexibility index (Phi) is 5.79. The van der Waals surface area contributed by atoms with Crippen LogP contribution in [-0.2, 0) is 9.59 Å².